The average Bonchev–Trinajstić information content (AvgIpc) is 2.86. The summed E-state index contributed by atoms with van der Waals surface area (Å²) in [5.41, 5.74) is -1.41. The molecule has 1 aromatic carbocycles. The van der Waals surface area contributed by atoms with Gasteiger partial charge in [0.1, 0.15) is 11.4 Å². The van der Waals surface area contributed by atoms with E-state index in [1.54, 1.807) is 0 Å². The van der Waals surface area contributed by atoms with Gasteiger partial charge in [-0.1, -0.05) is 6.92 Å². The molecule has 0 aliphatic rings. The molecule has 1 aromatic heterocycles. The quantitative estimate of drug-likeness (QED) is 0.674. The number of carboxylic acids is 1. The van der Waals surface area contributed by atoms with Crippen LogP contribution in [0.3, 0.4) is 0 Å². The van der Waals surface area contributed by atoms with Crippen LogP contribution in [0.15, 0.2) is 24.5 Å². The third-order valence-corrected chi connectivity index (χ3v) is 2.94. The number of nitrogens with zero attached hydrogens (tertiary/aromatic N) is 3. The summed E-state index contributed by atoms with van der Waals surface area (Å²) in [5, 5.41) is 19.9. The van der Waals surface area contributed by atoms with Crippen LogP contribution in [-0.4, -0.2) is 25.6 Å². The van der Waals surface area contributed by atoms with E-state index in [9.17, 15) is 19.3 Å². The molecule has 0 aliphatic carbocycles. The number of aromatic carboxylic acids is 1. The number of hydrogen-bond acceptors (Lipinski definition) is 4. The Kier molecular flexibility index (Phi) is 3.97. The molecule has 0 saturated carbocycles. The number of aryl methyl sites for hydroxylation is 1. The Morgan fingerprint density at radius 3 is 2.81 bits per heavy atom. The molecule has 8 heteroatoms. The predicted octanol–water partition coefficient (Wildman–Crippen LogP) is 2.57. The van der Waals surface area contributed by atoms with Gasteiger partial charge in [0.25, 0.3) is 5.69 Å². The maximum absolute atomic E-state index is 14.1. The van der Waals surface area contributed by atoms with Crippen molar-refractivity contribution in [2.75, 3.05) is 0 Å². The molecule has 0 spiro atoms. The minimum Gasteiger partial charge on any atom is -0.477 e. The molecule has 0 unspecified atom stereocenters. The second-order valence-corrected chi connectivity index (χ2v) is 4.35. The number of benzene rings is 1. The van der Waals surface area contributed by atoms with Gasteiger partial charge in [-0.25, -0.2) is 14.2 Å². The summed E-state index contributed by atoms with van der Waals surface area (Å²) in [6.45, 7) is 1.92. The third-order valence-electron chi connectivity index (χ3n) is 2.94. The van der Waals surface area contributed by atoms with Crippen LogP contribution in [0, 0.1) is 15.9 Å². The zero-order valence-corrected chi connectivity index (χ0v) is 11.1. The normalized spacial score (nSPS) is 10.6. The number of carbonyl (C=O) groups is 1. The summed E-state index contributed by atoms with van der Waals surface area (Å²) in [5.74, 6) is -1.80. The Morgan fingerprint density at radius 2 is 2.24 bits per heavy atom. The highest BCUT2D eigenvalue weighted by atomic mass is 19.1. The number of aromatic nitrogens is 2. The van der Waals surface area contributed by atoms with Gasteiger partial charge in [0.15, 0.2) is 5.82 Å². The van der Waals surface area contributed by atoms with Crippen LogP contribution in [0.2, 0.25) is 0 Å². The Balaban J connectivity index is 2.64. The molecular weight excluding hydrogens is 281 g/mol. The van der Waals surface area contributed by atoms with Crippen molar-refractivity contribution >= 4 is 11.7 Å². The summed E-state index contributed by atoms with van der Waals surface area (Å²) in [4.78, 5) is 25.1. The van der Waals surface area contributed by atoms with Gasteiger partial charge in [-0.3, -0.25) is 10.1 Å². The van der Waals surface area contributed by atoms with Crippen molar-refractivity contribution in [3.05, 3.63) is 51.8 Å². The summed E-state index contributed by atoms with van der Waals surface area (Å²) in [6.07, 6.45) is 4.30. The lowest BCUT2D eigenvalue weighted by Gasteiger charge is -2.09. The summed E-state index contributed by atoms with van der Waals surface area (Å²) in [7, 11) is 0. The van der Waals surface area contributed by atoms with E-state index in [4.69, 9.17) is 5.11 Å². The highest BCUT2D eigenvalue weighted by Crippen LogP contribution is 2.26. The number of halogens is 1. The third kappa shape index (κ3) is 2.73. The molecule has 0 radical (unpaired) electrons. The van der Waals surface area contributed by atoms with Crippen molar-refractivity contribution in [2.24, 2.45) is 0 Å². The lowest BCUT2D eigenvalue weighted by molar-refractivity contribution is -0.385. The maximum atomic E-state index is 14.1. The van der Waals surface area contributed by atoms with Gasteiger partial charge in [0.05, 0.1) is 16.7 Å². The van der Waals surface area contributed by atoms with E-state index < -0.39 is 28.0 Å². The molecule has 1 N–H and O–H groups in total. The van der Waals surface area contributed by atoms with Crippen molar-refractivity contribution in [2.45, 2.75) is 19.8 Å². The number of rotatable bonds is 5. The number of carboxylic acid groups (broad SMARTS) is 1. The number of nitro groups is 1. The minimum atomic E-state index is -1.49. The fourth-order valence-electron chi connectivity index (χ4n) is 2.02. The molecule has 0 aliphatic heterocycles. The fourth-order valence-corrected chi connectivity index (χ4v) is 2.02. The monoisotopic (exact) mass is 293 g/mol. The molecule has 110 valence electrons. The molecule has 7 nitrogen and oxygen atoms in total. The highest BCUT2D eigenvalue weighted by Gasteiger charge is 2.24. The van der Waals surface area contributed by atoms with Crippen molar-refractivity contribution < 1.29 is 19.2 Å². The predicted molar refractivity (Wildman–Crippen MR) is 71.1 cm³/mol. The van der Waals surface area contributed by atoms with Crippen molar-refractivity contribution in [1.82, 2.24) is 9.55 Å². The molecule has 21 heavy (non-hydrogen) atoms. The van der Waals surface area contributed by atoms with E-state index in [0.717, 1.165) is 12.5 Å². The van der Waals surface area contributed by atoms with Crippen molar-refractivity contribution in [3.8, 4) is 5.69 Å². The Morgan fingerprint density at radius 1 is 1.52 bits per heavy atom. The fraction of sp³-hybridized carbons (Fsp3) is 0.231. The standard InChI is InChI=1S/C13H12FN3O4/c1-2-3-12-15-4-5-16(12)11-6-8(13(18)19)10(17(20)21)7-9(11)14/h4-7H,2-3H2,1H3,(H,18,19). The van der Waals surface area contributed by atoms with Crippen LogP contribution in [-0.2, 0) is 6.42 Å². The van der Waals surface area contributed by atoms with E-state index in [-0.39, 0.29) is 5.69 Å². The van der Waals surface area contributed by atoms with Crippen LogP contribution in [0.5, 0.6) is 0 Å². The molecule has 2 rings (SSSR count). The maximum Gasteiger partial charge on any atom is 0.342 e. The Labute approximate surface area is 118 Å². The SMILES string of the molecule is CCCc1nccn1-c1cc(C(=O)O)c([N+](=O)[O-])cc1F. The van der Waals surface area contributed by atoms with E-state index >= 15 is 0 Å². The number of imidazole rings is 1. The average molecular weight is 293 g/mol. The molecule has 1 heterocycles. The molecule has 0 fully saturated rings. The van der Waals surface area contributed by atoms with Gasteiger partial charge >= 0.3 is 5.97 Å². The summed E-state index contributed by atoms with van der Waals surface area (Å²) >= 11 is 0. The second-order valence-electron chi connectivity index (χ2n) is 4.35. The van der Waals surface area contributed by atoms with E-state index in [1.807, 2.05) is 6.92 Å². The molecule has 0 bridgehead atoms. The van der Waals surface area contributed by atoms with Gasteiger partial charge in [0, 0.05) is 18.8 Å². The van der Waals surface area contributed by atoms with E-state index in [1.165, 1.54) is 17.0 Å². The topological polar surface area (TPSA) is 98.3 Å². The number of nitro benzene ring substituents is 1. The lowest BCUT2D eigenvalue weighted by atomic mass is 10.1. The zero-order chi connectivity index (χ0) is 15.6. The Bertz CT molecular complexity index is 711. The molecular formula is C13H12FN3O4. The highest BCUT2D eigenvalue weighted by molar-refractivity contribution is 5.93. The second kappa shape index (κ2) is 5.70. The summed E-state index contributed by atoms with van der Waals surface area (Å²) in [6, 6.07) is 1.57. The molecule has 2 aromatic rings. The van der Waals surface area contributed by atoms with E-state index in [2.05, 4.69) is 4.98 Å². The smallest absolute Gasteiger partial charge is 0.342 e. The van der Waals surface area contributed by atoms with Gasteiger partial charge in [-0.05, 0) is 12.5 Å². The van der Waals surface area contributed by atoms with Gasteiger partial charge in [-0.15, -0.1) is 0 Å². The molecule has 0 amide bonds. The Hall–Kier alpha value is -2.77. The van der Waals surface area contributed by atoms with Gasteiger partial charge < -0.3 is 9.67 Å². The first kappa shape index (κ1) is 14.6. The first-order valence-corrected chi connectivity index (χ1v) is 6.19. The number of hydrogen-bond donors (Lipinski definition) is 1. The van der Waals surface area contributed by atoms with Crippen LogP contribution in [0.1, 0.15) is 29.5 Å². The summed E-state index contributed by atoms with van der Waals surface area (Å²) < 4.78 is 15.5. The first-order valence-electron chi connectivity index (χ1n) is 6.19. The molecule has 0 atom stereocenters. The van der Waals surface area contributed by atoms with Crippen LogP contribution >= 0.6 is 0 Å². The van der Waals surface area contributed by atoms with Crippen LogP contribution in [0.25, 0.3) is 5.69 Å². The van der Waals surface area contributed by atoms with E-state index in [0.29, 0.717) is 18.3 Å². The molecule has 0 saturated heterocycles. The van der Waals surface area contributed by atoms with Crippen molar-refractivity contribution in [3.63, 3.8) is 0 Å². The van der Waals surface area contributed by atoms with Gasteiger partial charge in [0.2, 0.25) is 0 Å². The van der Waals surface area contributed by atoms with Crippen LogP contribution in [0.4, 0.5) is 10.1 Å². The lowest BCUT2D eigenvalue weighted by Crippen LogP contribution is -2.08. The minimum absolute atomic E-state index is 0.0704. The largest absolute Gasteiger partial charge is 0.477 e. The van der Waals surface area contributed by atoms with Gasteiger partial charge in [-0.2, -0.15) is 0 Å². The zero-order valence-electron chi connectivity index (χ0n) is 11.1. The first-order chi connectivity index (χ1) is 9.95. The van der Waals surface area contributed by atoms with Crippen molar-refractivity contribution in [1.29, 1.82) is 0 Å². The van der Waals surface area contributed by atoms with Crippen LogP contribution < -0.4 is 0 Å².